The second-order valence-electron chi connectivity index (χ2n) is 5.83. The number of hydrogen-bond donors (Lipinski definition) is 1. The quantitative estimate of drug-likeness (QED) is 0.623. The van der Waals surface area contributed by atoms with Gasteiger partial charge in [-0.05, 0) is 36.8 Å². The van der Waals surface area contributed by atoms with Crippen molar-refractivity contribution in [3.05, 3.63) is 76.8 Å². The summed E-state index contributed by atoms with van der Waals surface area (Å²) in [6.07, 6.45) is 1.73. The number of ether oxygens (including phenoxy) is 1. The van der Waals surface area contributed by atoms with Crippen LogP contribution in [0.2, 0.25) is 0 Å². The monoisotopic (exact) mass is 331 g/mol. The third-order valence-corrected chi connectivity index (χ3v) is 4.30. The maximum absolute atomic E-state index is 12.8. The molecular formula is C20H17N3O2. The molecule has 1 N–H and O–H groups in total. The van der Waals surface area contributed by atoms with Gasteiger partial charge in [-0.15, -0.1) is 0 Å². The van der Waals surface area contributed by atoms with Crippen LogP contribution in [0.25, 0.3) is 28.1 Å². The summed E-state index contributed by atoms with van der Waals surface area (Å²) in [5, 5.41) is 4.62. The Morgan fingerprint density at radius 3 is 2.44 bits per heavy atom. The molecule has 5 heteroatoms. The highest BCUT2D eigenvalue weighted by Gasteiger charge is 2.22. The molecule has 0 saturated carbocycles. The number of fused-ring (bicyclic) bond motifs is 1. The third kappa shape index (κ3) is 2.50. The molecule has 0 aliphatic carbocycles. The summed E-state index contributed by atoms with van der Waals surface area (Å²) in [5.74, 6) is 0.738. The molecule has 0 unspecified atom stereocenters. The van der Waals surface area contributed by atoms with Crippen molar-refractivity contribution in [2.24, 2.45) is 0 Å². The van der Waals surface area contributed by atoms with Gasteiger partial charge in [0.25, 0.3) is 5.56 Å². The first-order valence-electron chi connectivity index (χ1n) is 8.00. The van der Waals surface area contributed by atoms with E-state index >= 15 is 0 Å². The Morgan fingerprint density at radius 2 is 1.76 bits per heavy atom. The number of pyridine rings is 1. The number of H-pyrrole nitrogens is 1. The van der Waals surface area contributed by atoms with E-state index in [2.05, 4.69) is 10.1 Å². The van der Waals surface area contributed by atoms with Gasteiger partial charge in [0.2, 0.25) is 0 Å². The highest BCUT2D eigenvalue weighted by atomic mass is 16.5. The van der Waals surface area contributed by atoms with Crippen LogP contribution >= 0.6 is 0 Å². The zero-order valence-electron chi connectivity index (χ0n) is 14.0. The molecule has 4 rings (SSSR count). The minimum absolute atomic E-state index is 0.145. The van der Waals surface area contributed by atoms with Gasteiger partial charge in [0.15, 0.2) is 0 Å². The molecule has 0 spiro atoms. The predicted octanol–water partition coefficient (Wildman–Crippen LogP) is 3.65. The standard InChI is InChI=1S/C20H17N3O2/c1-13-18(14-6-4-3-5-7-14)19-17(12-21-13)20(24)23(22-19)15-8-10-16(25-2)11-9-15/h3-12,21H,1-2H3. The molecule has 2 aromatic carbocycles. The lowest BCUT2D eigenvalue weighted by Crippen LogP contribution is -2.14. The van der Waals surface area contributed by atoms with E-state index in [1.165, 1.54) is 4.68 Å². The lowest BCUT2D eigenvalue weighted by molar-refractivity contribution is 0.414. The van der Waals surface area contributed by atoms with Crippen molar-refractivity contribution in [2.45, 2.75) is 6.92 Å². The number of benzene rings is 2. The Kier molecular flexibility index (Phi) is 3.61. The number of methoxy groups -OCH3 is 1. The Morgan fingerprint density at radius 1 is 1.04 bits per heavy atom. The van der Waals surface area contributed by atoms with Crippen LogP contribution in [0.5, 0.6) is 5.75 Å². The second-order valence-corrected chi connectivity index (χ2v) is 5.83. The smallest absolute Gasteiger partial charge is 0.282 e. The lowest BCUT2D eigenvalue weighted by atomic mass is 9.99. The number of nitrogens with zero attached hydrogens (tertiary/aromatic N) is 2. The Labute approximate surface area is 144 Å². The van der Waals surface area contributed by atoms with Gasteiger partial charge in [-0.2, -0.15) is 9.78 Å². The van der Waals surface area contributed by atoms with Crippen LogP contribution in [0.15, 0.2) is 65.6 Å². The van der Waals surface area contributed by atoms with Gasteiger partial charge < -0.3 is 9.72 Å². The highest BCUT2D eigenvalue weighted by Crippen LogP contribution is 2.32. The van der Waals surface area contributed by atoms with E-state index in [4.69, 9.17) is 4.74 Å². The first-order chi connectivity index (χ1) is 12.2. The summed E-state index contributed by atoms with van der Waals surface area (Å²) in [7, 11) is 1.61. The van der Waals surface area contributed by atoms with E-state index in [1.807, 2.05) is 61.5 Å². The molecule has 0 aromatic heterocycles. The van der Waals surface area contributed by atoms with Crippen molar-refractivity contribution in [1.29, 1.82) is 0 Å². The Hall–Kier alpha value is -3.34. The van der Waals surface area contributed by atoms with Crippen LogP contribution in [-0.4, -0.2) is 21.9 Å². The second kappa shape index (κ2) is 5.94. The summed E-state index contributed by atoms with van der Waals surface area (Å²) in [5.41, 5.74) is 4.78. The SMILES string of the molecule is COc1ccc(-n2nc3c(-c4ccccc4)c(C)[nH]cc-3c2=O)cc1. The zero-order valence-corrected chi connectivity index (χ0v) is 14.0. The average Bonchev–Trinajstić information content (AvgIpc) is 2.99. The minimum atomic E-state index is -0.145. The number of hydrogen-bond acceptors (Lipinski definition) is 3. The van der Waals surface area contributed by atoms with Crippen molar-refractivity contribution in [3.8, 4) is 33.8 Å². The van der Waals surface area contributed by atoms with Gasteiger partial charge >= 0.3 is 0 Å². The Balaban J connectivity index is 1.95. The van der Waals surface area contributed by atoms with Crippen molar-refractivity contribution in [3.63, 3.8) is 0 Å². The summed E-state index contributed by atoms with van der Waals surface area (Å²) in [6, 6.07) is 17.2. The van der Waals surface area contributed by atoms with Crippen LogP contribution < -0.4 is 10.3 Å². The van der Waals surface area contributed by atoms with Crippen LogP contribution in [0.1, 0.15) is 5.69 Å². The molecule has 0 atom stereocenters. The highest BCUT2D eigenvalue weighted by molar-refractivity contribution is 5.82. The van der Waals surface area contributed by atoms with Crippen molar-refractivity contribution >= 4 is 0 Å². The van der Waals surface area contributed by atoms with E-state index in [0.29, 0.717) is 16.9 Å². The maximum Gasteiger partial charge on any atom is 0.282 e. The fourth-order valence-corrected chi connectivity index (χ4v) is 3.02. The van der Waals surface area contributed by atoms with Crippen LogP contribution in [0.4, 0.5) is 0 Å². The summed E-state index contributed by atoms with van der Waals surface area (Å²) in [6.45, 7) is 1.98. The molecular weight excluding hydrogens is 314 g/mol. The van der Waals surface area contributed by atoms with E-state index < -0.39 is 0 Å². The zero-order chi connectivity index (χ0) is 17.4. The fraction of sp³-hybridized carbons (Fsp3) is 0.100. The molecule has 2 aromatic rings. The predicted molar refractivity (Wildman–Crippen MR) is 97.5 cm³/mol. The number of nitrogens with one attached hydrogen (secondary N) is 1. The van der Waals surface area contributed by atoms with E-state index in [9.17, 15) is 4.79 Å². The maximum atomic E-state index is 12.8. The molecule has 124 valence electrons. The first-order valence-corrected chi connectivity index (χ1v) is 8.00. The van der Waals surface area contributed by atoms with Gasteiger partial charge in [-0.3, -0.25) is 4.79 Å². The largest absolute Gasteiger partial charge is 0.497 e. The summed E-state index contributed by atoms with van der Waals surface area (Å²) in [4.78, 5) is 16.0. The molecule has 0 bridgehead atoms. The summed E-state index contributed by atoms with van der Waals surface area (Å²) >= 11 is 0. The summed E-state index contributed by atoms with van der Waals surface area (Å²) < 4.78 is 6.61. The fourth-order valence-electron chi connectivity index (χ4n) is 3.02. The molecule has 25 heavy (non-hydrogen) atoms. The topological polar surface area (TPSA) is 59.9 Å². The Bertz CT molecular complexity index is 1050. The van der Waals surface area contributed by atoms with Crippen molar-refractivity contribution < 1.29 is 4.74 Å². The van der Waals surface area contributed by atoms with E-state index in [0.717, 1.165) is 22.6 Å². The molecule has 0 saturated heterocycles. The number of aromatic nitrogens is 3. The van der Waals surface area contributed by atoms with Crippen LogP contribution in [0, 0.1) is 6.92 Å². The molecule has 2 aliphatic heterocycles. The molecule has 0 amide bonds. The van der Waals surface area contributed by atoms with Gasteiger partial charge in [-0.1, -0.05) is 30.3 Å². The van der Waals surface area contributed by atoms with E-state index in [-0.39, 0.29) is 5.56 Å². The van der Waals surface area contributed by atoms with Gasteiger partial charge in [0, 0.05) is 17.5 Å². The number of rotatable bonds is 3. The first kappa shape index (κ1) is 15.2. The number of aromatic amines is 1. The van der Waals surface area contributed by atoms with Gasteiger partial charge in [0.1, 0.15) is 11.4 Å². The van der Waals surface area contributed by atoms with Gasteiger partial charge in [0.05, 0.1) is 18.4 Å². The third-order valence-electron chi connectivity index (χ3n) is 4.30. The normalized spacial score (nSPS) is 11.0. The molecule has 5 nitrogen and oxygen atoms in total. The lowest BCUT2D eigenvalue weighted by Gasteiger charge is -2.09. The van der Waals surface area contributed by atoms with Crippen molar-refractivity contribution in [1.82, 2.24) is 14.8 Å². The van der Waals surface area contributed by atoms with Crippen molar-refractivity contribution in [2.75, 3.05) is 7.11 Å². The number of aryl methyl sites for hydroxylation is 1. The minimum Gasteiger partial charge on any atom is -0.497 e. The van der Waals surface area contributed by atoms with Crippen LogP contribution in [-0.2, 0) is 0 Å². The van der Waals surface area contributed by atoms with E-state index in [1.54, 1.807) is 13.3 Å². The van der Waals surface area contributed by atoms with Crippen LogP contribution in [0.3, 0.4) is 0 Å². The average molecular weight is 331 g/mol. The molecule has 0 radical (unpaired) electrons. The van der Waals surface area contributed by atoms with Gasteiger partial charge in [-0.25, -0.2) is 0 Å². The molecule has 2 aliphatic rings. The molecule has 0 fully saturated rings. The molecule has 2 heterocycles.